The molecule has 0 aliphatic carbocycles. The van der Waals surface area contributed by atoms with Crippen LogP contribution >= 0.6 is 0 Å². The Morgan fingerprint density at radius 2 is 1.08 bits per heavy atom. The van der Waals surface area contributed by atoms with Crippen LogP contribution in [0, 0.1) is 10.8 Å². The number of hydrogen-bond acceptors (Lipinski definition) is 2. The smallest absolute Gasteiger partial charge is 0.129 e. The fourth-order valence-corrected chi connectivity index (χ4v) is 5.63. The minimum absolute atomic E-state index is 0.336. The van der Waals surface area contributed by atoms with Crippen molar-refractivity contribution in [1.82, 2.24) is 9.13 Å². The largest absolute Gasteiger partial charge is 0.309 e. The maximum absolute atomic E-state index is 8.64. The summed E-state index contributed by atoms with van der Waals surface area (Å²) in [6, 6.07) is 40.5. The number of nitrogens with zero attached hydrogens (tertiary/aromatic N) is 2. The van der Waals surface area contributed by atoms with Crippen LogP contribution in [0.15, 0.2) is 127 Å². The number of para-hydroxylation sites is 3. The van der Waals surface area contributed by atoms with Crippen LogP contribution in [0.5, 0.6) is 0 Å². The van der Waals surface area contributed by atoms with E-state index in [0.29, 0.717) is 5.84 Å². The Morgan fingerprint density at radius 1 is 0.553 bits per heavy atom. The molecule has 0 spiro atoms. The molecule has 180 valence electrons. The van der Waals surface area contributed by atoms with Gasteiger partial charge in [0, 0.05) is 33.4 Å². The normalized spacial score (nSPS) is 11.8. The molecule has 7 rings (SSSR count). The lowest BCUT2D eigenvalue weighted by molar-refractivity contribution is 1.18. The van der Waals surface area contributed by atoms with Crippen LogP contribution < -0.4 is 0 Å². The van der Waals surface area contributed by atoms with Crippen LogP contribution in [-0.4, -0.2) is 21.2 Å². The van der Waals surface area contributed by atoms with E-state index in [4.69, 9.17) is 10.8 Å². The molecule has 0 fully saturated rings. The molecule has 0 unspecified atom stereocenters. The van der Waals surface area contributed by atoms with Gasteiger partial charge in [-0.05, 0) is 71.8 Å². The summed E-state index contributed by atoms with van der Waals surface area (Å²) in [5.74, 6) is 0.336. The summed E-state index contributed by atoms with van der Waals surface area (Å²) in [5.41, 5.74) is 7.80. The molecule has 0 saturated carbocycles. The van der Waals surface area contributed by atoms with E-state index in [-0.39, 0.29) is 0 Å². The van der Waals surface area contributed by atoms with Gasteiger partial charge in [-0.15, -0.1) is 0 Å². The highest BCUT2D eigenvalue weighted by molar-refractivity contribution is 6.17. The second kappa shape index (κ2) is 8.71. The van der Waals surface area contributed by atoms with E-state index >= 15 is 0 Å². The van der Waals surface area contributed by atoms with Crippen molar-refractivity contribution in [2.75, 3.05) is 0 Å². The van der Waals surface area contributed by atoms with Gasteiger partial charge < -0.3 is 9.98 Å². The molecule has 2 N–H and O–H groups in total. The minimum Gasteiger partial charge on any atom is -0.309 e. The van der Waals surface area contributed by atoms with Crippen molar-refractivity contribution in [2.24, 2.45) is 0 Å². The van der Waals surface area contributed by atoms with Crippen molar-refractivity contribution in [1.29, 1.82) is 10.8 Å². The first kappa shape index (κ1) is 22.0. The number of allylic oxidation sites excluding steroid dienone is 2. The average molecular weight is 489 g/mol. The summed E-state index contributed by atoms with van der Waals surface area (Å²) < 4.78 is 4.28. The van der Waals surface area contributed by atoms with Gasteiger partial charge in [0.15, 0.2) is 0 Å². The number of aromatic nitrogens is 2. The first-order valence-corrected chi connectivity index (χ1v) is 12.6. The lowest BCUT2D eigenvalue weighted by Gasteiger charge is -2.08. The number of hydrogen-bond donors (Lipinski definition) is 2. The standard InChI is InChI=1S/C34H24N4/c35-20-8-15-34(36)38-31-14-7-5-12-27(31)29-22-24(17-19-33(29)38)23-16-18-32-28(21-23)26-11-4-6-13-30(26)37(32)25-9-2-1-3-10-25/h1-22,35-36H/b15-8-,35-20?,36-34?. The summed E-state index contributed by atoms with van der Waals surface area (Å²) in [6.07, 6.45) is 4.44. The highest BCUT2D eigenvalue weighted by atomic mass is 15.0. The average Bonchev–Trinajstić information content (AvgIpc) is 3.48. The zero-order chi connectivity index (χ0) is 25.6. The van der Waals surface area contributed by atoms with Crippen LogP contribution in [0.2, 0.25) is 0 Å². The minimum atomic E-state index is 0.336. The molecule has 0 atom stereocenters. The Morgan fingerprint density at radius 3 is 1.79 bits per heavy atom. The van der Waals surface area contributed by atoms with E-state index in [0.717, 1.165) is 38.6 Å². The van der Waals surface area contributed by atoms with Crippen molar-refractivity contribution >= 4 is 55.7 Å². The molecule has 4 heteroatoms. The summed E-state index contributed by atoms with van der Waals surface area (Å²) in [7, 11) is 0. The molecule has 0 saturated heterocycles. The van der Waals surface area contributed by atoms with Gasteiger partial charge in [0.25, 0.3) is 0 Å². The SMILES string of the molecule is N=C/C=C\C(=N)n1c2ccccc2c2cc(-c3ccc4c(c3)c3ccccc3n4-c3ccccc3)ccc21. The van der Waals surface area contributed by atoms with E-state index < -0.39 is 0 Å². The highest BCUT2D eigenvalue weighted by Crippen LogP contribution is 2.37. The quantitative estimate of drug-likeness (QED) is 0.184. The third-order valence-electron chi connectivity index (χ3n) is 7.28. The topological polar surface area (TPSA) is 57.6 Å². The molecule has 0 amide bonds. The van der Waals surface area contributed by atoms with Crippen molar-refractivity contribution in [3.8, 4) is 16.8 Å². The van der Waals surface area contributed by atoms with Crippen LogP contribution in [0.1, 0.15) is 0 Å². The lowest BCUT2D eigenvalue weighted by atomic mass is 10.0. The summed E-state index contributed by atoms with van der Waals surface area (Å²) in [5, 5.41) is 20.6. The molecule has 0 aliphatic heterocycles. The van der Waals surface area contributed by atoms with E-state index in [1.807, 2.05) is 28.8 Å². The predicted molar refractivity (Wildman–Crippen MR) is 160 cm³/mol. The maximum Gasteiger partial charge on any atom is 0.129 e. The molecule has 0 bridgehead atoms. The Bertz CT molecular complexity index is 2060. The molecular weight excluding hydrogens is 464 g/mol. The molecular formula is C34H24N4. The number of nitrogens with one attached hydrogen (secondary N) is 2. The third kappa shape index (κ3) is 3.31. The van der Waals surface area contributed by atoms with Gasteiger partial charge in [0.2, 0.25) is 0 Å². The fourth-order valence-electron chi connectivity index (χ4n) is 5.63. The van der Waals surface area contributed by atoms with E-state index in [2.05, 4.69) is 95.6 Å². The molecule has 38 heavy (non-hydrogen) atoms. The Kier molecular flexibility index (Phi) is 5.05. The molecule has 0 aliphatic rings. The van der Waals surface area contributed by atoms with Gasteiger partial charge in [-0.25, -0.2) is 0 Å². The Balaban J connectivity index is 1.45. The second-order valence-corrected chi connectivity index (χ2v) is 9.42. The highest BCUT2D eigenvalue weighted by Gasteiger charge is 2.15. The molecule has 2 heterocycles. The van der Waals surface area contributed by atoms with Crippen molar-refractivity contribution < 1.29 is 0 Å². The van der Waals surface area contributed by atoms with Gasteiger partial charge in [-0.2, -0.15) is 0 Å². The third-order valence-corrected chi connectivity index (χ3v) is 7.28. The first-order chi connectivity index (χ1) is 18.7. The van der Waals surface area contributed by atoms with Gasteiger partial charge in [0.05, 0.1) is 22.1 Å². The van der Waals surface area contributed by atoms with Crippen molar-refractivity contribution in [3.63, 3.8) is 0 Å². The van der Waals surface area contributed by atoms with Crippen molar-refractivity contribution in [2.45, 2.75) is 0 Å². The molecule has 2 aromatic heterocycles. The molecule has 7 aromatic rings. The molecule has 5 aromatic carbocycles. The number of fused-ring (bicyclic) bond motifs is 6. The zero-order valence-corrected chi connectivity index (χ0v) is 20.6. The monoisotopic (exact) mass is 488 g/mol. The Labute approximate surface area is 219 Å². The lowest BCUT2D eigenvalue weighted by Crippen LogP contribution is -2.06. The predicted octanol–water partition coefficient (Wildman–Crippen LogP) is 8.59. The summed E-state index contributed by atoms with van der Waals surface area (Å²) in [6.45, 7) is 0. The van der Waals surface area contributed by atoms with E-state index in [1.54, 1.807) is 12.2 Å². The van der Waals surface area contributed by atoms with Gasteiger partial charge in [-0.3, -0.25) is 9.98 Å². The van der Waals surface area contributed by atoms with Crippen LogP contribution in [-0.2, 0) is 0 Å². The van der Waals surface area contributed by atoms with Gasteiger partial charge >= 0.3 is 0 Å². The number of benzene rings is 5. The zero-order valence-electron chi connectivity index (χ0n) is 20.6. The Hall–Kier alpha value is -5.22. The van der Waals surface area contributed by atoms with Crippen LogP contribution in [0.4, 0.5) is 0 Å². The maximum atomic E-state index is 8.64. The number of rotatable bonds is 4. The first-order valence-electron chi connectivity index (χ1n) is 12.6. The second-order valence-electron chi connectivity index (χ2n) is 9.42. The van der Waals surface area contributed by atoms with E-state index in [1.165, 1.54) is 28.0 Å². The van der Waals surface area contributed by atoms with E-state index in [9.17, 15) is 0 Å². The van der Waals surface area contributed by atoms with Gasteiger partial charge in [-0.1, -0.05) is 66.7 Å². The molecule has 4 nitrogen and oxygen atoms in total. The van der Waals surface area contributed by atoms with Crippen molar-refractivity contribution in [3.05, 3.63) is 127 Å². The van der Waals surface area contributed by atoms with Crippen LogP contribution in [0.25, 0.3) is 60.4 Å². The molecule has 0 radical (unpaired) electrons. The summed E-state index contributed by atoms with van der Waals surface area (Å²) >= 11 is 0. The van der Waals surface area contributed by atoms with Crippen LogP contribution in [0.3, 0.4) is 0 Å². The summed E-state index contributed by atoms with van der Waals surface area (Å²) in [4.78, 5) is 0. The fraction of sp³-hybridized carbons (Fsp3) is 0. The van der Waals surface area contributed by atoms with Gasteiger partial charge in [0.1, 0.15) is 5.84 Å².